The SMILES string of the molecule is Nc1cc([N+](=O)[O-])cnc1Nc1cncc([N+](=O)[O-])c1. The van der Waals surface area contributed by atoms with Crippen LogP contribution in [0.1, 0.15) is 0 Å². The fourth-order valence-electron chi connectivity index (χ4n) is 1.41. The summed E-state index contributed by atoms with van der Waals surface area (Å²) in [5, 5.41) is 23.9. The number of nitrogens with one attached hydrogen (secondary N) is 1. The maximum atomic E-state index is 10.6. The Morgan fingerprint density at radius 2 is 1.70 bits per heavy atom. The van der Waals surface area contributed by atoms with Crippen molar-refractivity contribution in [3.05, 3.63) is 51.0 Å². The van der Waals surface area contributed by atoms with Crippen LogP contribution < -0.4 is 11.1 Å². The molecule has 2 aromatic heterocycles. The van der Waals surface area contributed by atoms with Crippen LogP contribution in [0.2, 0.25) is 0 Å². The number of nitro groups is 2. The van der Waals surface area contributed by atoms with Gasteiger partial charge in [-0.1, -0.05) is 0 Å². The molecule has 102 valence electrons. The molecule has 0 radical (unpaired) electrons. The average Bonchev–Trinajstić information content (AvgIpc) is 2.41. The summed E-state index contributed by atoms with van der Waals surface area (Å²) < 4.78 is 0. The Morgan fingerprint density at radius 1 is 1.05 bits per heavy atom. The highest BCUT2D eigenvalue weighted by atomic mass is 16.6. The van der Waals surface area contributed by atoms with E-state index in [0.29, 0.717) is 5.69 Å². The first-order chi connectivity index (χ1) is 9.47. The Hall–Kier alpha value is -3.30. The molecule has 0 fully saturated rings. The number of aromatic nitrogens is 2. The van der Waals surface area contributed by atoms with Crippen LogP contribution in [0.5, 0.6) is 0 Å². The van der Waals surface area contributed by atoms with Gasteiger partial charge in [0.15, 0.2) is 5.82 Å². The summed E-state index contributed by atoms with van der Waals surface area (Å²) >= 11 is 0. The molecule has 0 unspecified atom stereocenters. The van der Waals surface area contributed by atoms with Crippen molar-refractivity contribution < 1.29 is 9.85 Å². The molecule has 0 atom stereocenters. The van der Waals surface area contributed by atoms with E-state index in [9.17, 15) is 20.2 Å². The van der Waals surface area contributed by atoms with Crippen LogP contribution in [0.25, 0.3) is 0 Å². The van der Waals surface area contributed by atoms with Crippen molar-refractivity contribution in [2.24, 2.45) is 0 Å². The van der Waals surface area contributed by atoms with Crippen molar-refractivity contribution in [2.45, 2.75) is 0 Å². The highest BCUT2D eigenvalue weighted by Crippen LogP contribution is 2.25. The van der Waals surface area contributed by atoms with Gasteiger partial charge < -0.3 is 11.1 Å². The van der Waals surface area contributed by atoms with Gasteiger partial charge in [0, 0.05) is 12.1 Å². The van der Waals surface area contributed by atoms with E-state index in [4.69, 9.17) is 5.73 Å². The highest BCUT2D eigenvalue weighted by molar-refractivity contribution is 5.70. The molecule has 0 aliphatic heterocycles. The van der Waals surface area contributed by atoms with Crippen molar-refractivity contribution in [3.63, 3.8) is 0 Å². The molecule has 0 aliphatic rings. The van der Waals surface area contributed by atoms with Gasteiger partial charge in [0.25, 0.3) is 11.4 Å². The fourth-order valence-corrected chi connectivity index (χ4v) is 1.41. The number of nitrogen functional groups attached to an aromatic ring is 1. The molecule has 0 saturated heterocycles. The standard InChI is InChI=1S/C10H8N6O4/c11-9-2-8(16(19)20)5-13-10(9)14-6-1-7(15(17)18)4-12-3-6/h1-5H,11H2,(H,13,14). The minimum atomic E-state index is -0.623. The summed E-state index contributed by atoms with van der Waals surface area (Å²) in [5.41, 5.74) is 5.52. The van der Waals surface area contributed by atoms with Gasteiger partial charge in [0.05, 0.1) is 27.4 Å². The maximum Gasteiger partial charge on any atom is 0.289 e. The topological polar surface area (TPSA) is 150 Å². The van der Waals surface area contributed by atoms with Crippen LogP contribution in [0.3, 0.4) is 0 Å². The van der Waals surface area contributed by atoms with Gasteiger partial charge in [0.2, 0.25) is 0 Å². The van der Waals surface area contributed by atoms with Crippen LogP contribution in [-0.2, 0) is 0 Å². The summed E-state index contributed by atoms with van der Waals surface area (Å²) in [7, 11) is 0. The Kier molecular flexibility index (Phi) is 3.37. The second-order valence-electron chi connectivity index (χ2n) is 3.70. The molecule has 0 spiro atoms. The van der Waals surface area contributed by atoms with E-state index in [1.165, 1.54) is 12.3 Å². The zero-order chi connectivity index (χ0) is 14.7. The van der Waals surface area contributed by atoms with E-state index in [1.807, 2.05) is 0 Å². The maximum absolute atomic E-state index is 10.6. The molecule has 0 aromatic carbocycles. The lowest BCUT2D eigenvalue weighted by Gasteiger charge is -2.07. The van der Waals surface area contributed by atoms with Gasteiger partial charge in [-0.3, -0.25) is 25.2 Å². The predicted molar refractivity (Wildman–Crippen MR) is 69.5 cm³/mol. The van der Waals surface area contributed by atoms with Crippen LogP contribution in [0, 0.1) is 20.2 Å². The number of pyridine rings is 2. The van der Waals surface area contributed by atoms with E-state index >= 15 is 0 Å². The lowest BCUT2D eigenvalue weighted by atomic mass is 10.3. The van der Waals surface area contributed by atoms with Gasteiger partial charge in [-0.05, 0) is 0 Å². The van der Waals surface area contributed by atoms with E-state index < -0.39 is 9.85 Å². The van der Waals surface area contributed by atoms with Gasteiger partial charge in [0.1, 0.15) is 12.4 Å². The molecule has 2 aromatic rings. The molecule has 10 nitrogen and oxygen atoms in total. The molecule has 2 rings (SSSR count). The molecule has 10 heteroatoms. The Morgan fingerprint density at radius 3 is 2.30 bits per heavy atom. The smallest absolute Gasteiger partial charge is 0.289 e. The summed E-state index contributed by atoms with van der Waals surface area (Å²) in [5.74, 6) is 0.151. The van der Waals surface area contributed by atoms with E-state index in [-0.39, 0.29) is 22.9 Å². The molecular formula is C10H8N6O4. The van der Waals surface area contributed by atoms with Crippen LogP contribution in [-0.4, -0.2) is 19.8 Å². The third-order valence-electron chi connectivity index (χ3n) is 2.31. The second-order valence-corrected chi connectivity index (χ2v) is 3.70. The minimum Gasteiger partial charge on any atom is -0.396 e. The van der Waals surface area contributed by atoms with E-state index in [0.717, 1.165) is 18.5 Å². The van der Waals surface area contributed by atoms with Gasteiger partial charge in [-0.2, -0.15) is 0 Å². The number of nitrogens with zero attached hydrogens (tertiary/aromatic N) is 4. The summed E-state index contributed by atoms with van der Waals surface area (Å²) in [6.45, 7) is 0. The van der Waals surface area contributed by atoms with Crippen molar-refractivity contribution in [2.75, 3.05) is 11.1 Å². The summed E-state index contributed by atoms with van der Waals surface area (Å²) in [4.78, 5) is 27.4. The summed E-state index contributed by atoms with van der Waals surface area (Å²) in [6, 6.07) is 2.38. The third kappa shape index (κ3) is 2.75. The first kappa shape index (κ1) is 13.1. The van der Waals surface area contributed by atoms with E-state index in [1.54, 1.807) is 0 Å². The van der Waals surface area contributed by atoms with Crippen LogP contribution in [0.4, 0.5) is 28.6 Å². The number of hydrogen-bond acceptors (Lipinski definition) is 8. The first-order valence-electron chi connectivity index (χ1n) is 5.24. The molecule has 20 heavy (non-hydrogen) atoms. The molecular weight excluding hydrogens is 268 g/mol. The number of hydrogen-bond donors (Lipinski definition) is 2. The molecule has 3 N–H and O–H groups in total. The Bertz CT molecular complexity index is 689. The van der Waals surface area contributed by atoms with Crippen LogP contribution in [0.15, 0.2) is 30.7 Å². The Labute approximate surface area is 111 Å². The zero-order valence-corrected chi connectivity index (χ0v) is 9.89. The van der Waals surface area contributed by atoms with Crippen LogP contribution >= 0.6 is 0 Å². The molecule has 0 bridgehead atoms. The lowest BCUT2D eigenvalue weighted by molar-refractivity contribution is -0.385. The minimum absolute atomic E-state index is 0.0470. The number of anilines is 3. The normalized spacial score (nSPS) is 10.0. The van der Waals surface area contributed by atoms with Crippen molar-refractivity contribution in [1.29, 1.82) is 0 Å². The fraction of sp³-hybridized carbons (Fsp3) is 0. The van der Waals surface area contributed by atoms with Crippen molar-refractivity contribution >= 4 is 28.6 Å². The quantitative estimate of drug-likeness (QED) is 0.631. The highest BCUT2D eigenvalue weighted by Gasteiger charge is 2.12. The van der Waals surface area contributed by atoms with Gasteiger partial charge in [-0.25, -0.2) is 4.98 Å². The molecule has 0 amide bonds. The average molecular weight is 276 g/mol. The monoisotopic (exact) mass is 276 g/mol. The second kappa shape index (κ2) is 5.14. The van der Waals surface area contributed by atoms with E-state index in [2.05, 4.69) is 15.3 Å². The number of rotatable bonds is 4. The predicted octanol–water partition coefficient (Wildman–Crippen LogP) is 1.62. The molecule has 0 saturated carbocycles. The van der Waals surface area contributed by atoms with Crippen molar-refractivity contribution in [3.8, 4) is 0 Å². The van der Waals surface area contributed by atoms with Crippen molar-refractivity contribution in [1.82, 2.24) is 9.97 Å². The third-order valence-corrected chi connectivity index (χ3v) is 2.31. The molecule has 0 aliphatic carbocycles. The van der Waals surface area contributed by atoms with Gasteiger partial charge in [-0.15, -0.1) is 0 Å². The number of nitrogens with two attached hydrogens (primary N) is 1. The zero-order valence-electron chi connectivity index (χ0n) is 9.89. The largest absolute Gasteiger partial charge is 0.396 e. The first-order valence-corrected chi connectivity index (χ1v) is 5.24. The lowest BCUT2D eigenvalue weighted by Crippen LogP contribution is -2.01. The molecule has 2 heterocycles. The van der Waals surface area contributed by atoms with Gasteiger partial charge >= 0.3 is 0 Å². The summed E-state index contributed by atoms with van der Waals surface area (Å²) in [6.07, 6.45) is 3.47. The Balaban J connectivity index is 2.28.